The minimum absolute atomic E-state index is 0.115. The molecule has 0 aromatic heterocycles. The smallest absolute Gasteiger partial charge is 0.280 e. The first-order valence-corrected chi connectivity index (χ1v) is 8.64. The lowest BCUT2D eigenvalue weighted by Crippen LogP contribution is -2.26. The summed E-state index contributed by atoms with van der Waals surface area (Å²) in [6.45, 7) is 0. The molecule has 0 fully saturated rings. The van der Waals surface area contributed by atoms with Crippen LogP contribution in [0.2, 0.25) is 0 Å². The van der Waals surface area contributed by atoms with Crippen LogP contribution in [0.25, 0.3) is 11.8 Å². The number of aliphatic imine (C=N–C) groups is 1. The maximum atomic E-state index is 12.5. The Morgan fingerprint density at radius 1 is 1.11 bits per heavy atom. The van der Waals surface area contributed by atoms with Crippen molar-refractivity contribution in [3.8, 4) is 0 Å². The van der Waals surface area contributed by atoms with E-state index in [1.165, 1.54) is 11.0 Å². The van der Waals surface area contributed by atoms with E-state index in [2.05, 4.69) is 4.99 Å². The van der Waals surface area contributed by atoms with Crippen LogP contribution in [0.5, 0.6) is 0 Å². The zero-order chi connectivity index (χ0) is 20.3. The van der Waals surface area contributed by atoms with Crippen molar-refractivity contribution in [3.05, 3.63) is 87.6 Å². The highest BCUT2D eigenvalue weighted by Crippen LogP contribution is 2.22. The predicted molar refractivity (Wildman–Crippen MR) is 110 cm³/mol. The average molecular weight is 376 g/mol. The SMILES string of the molecule is CN1C(=O)/C(=C/c2ccc(N(C)C)cc2)N=C1/C=C(\c1ccccc1)[N+](=O)[O-]. The van der Waals surface area contributed by atoms with Crippen LogP contribution < -0.4 is 4.90 Å². The van der Waals surface area contributed by atoms with Gasteiger partial charge < -0.3 is 4.90 Å². The van der Waals surface area contributed by atoms with Gasteiger partial charge in [-0.15, -0.1) is 0 Å². The standard InChI is InChI=1S/C21H20N4O3/c1-23(2)17-11-9-15(10-12-17)13-18-21(26)24(3)20(22-18)14-19(25(27)28)16-7-5-4-6-8-16/h4-14H,1-3H3/b18-13-,19-14+. The van der Waals surface area contributed by atoms with Gasteiger partial charge in [-0.3, -0.25) is 19.8 Å². The molecule has 1 aliphatic heterocycles. The fourth-order valence-electron chi connectivity index (χ4n) is 2.74. The van der Waals surface area contributed by atoms with Crippen molar-refractivity contribution >= 4 is 29.2 Å². The molecule has 0 saturated heterocycles. The van der Waals surface area contributed by atoms with Crippen LogP contribution in [-0.4, -0.2) is 42.7 Å². The van der Waals surface area contributed by atoms with Gasteiger partial charge in [0.25, 0.3) is 11.6 Å². The molecule has 142 valence electrons. The number of amides is 1. The van der Waals surface area contributed by atoms with E-state index in [0.29, 0.717) is 5.56 Å². The van der Waals surface area contributed by atoms with Gasteiger partial charge in [-0.05, 0) is 35.9 Å². The van der Waals surface area contributed by atoms with E-state index in [4.69, 9.17) is 0 Å². The number of likely N-dealkylation sites (N-methyl/N-ethyl adjacent to an activating group) is 1. The van der Waals surface area contributed by atoms with Crippen molar-refractivity contribution in [2.45, 2.75) is 0 Å². The van der Waals surface area contributed by atoms with Crippen molar-refractivity contribution in [3.63, 3.8) is 0 Å². The predicted octanol–water partition coefficient (Wildman–Crippen LogP) is 3.28. The summed E-state index contributed by atoms with van der Waals surface area (Å²) in [5.41, 5.74) is 2.45. The number of anilines is 1. The Kier molecular flexibility index (Phi) is 5.35. The van der Waals surface area contributed by atoms with Gasteiger partial charge in [0.15, 0.2) is 0 Å². The Bertz CT molecular complexity index is 990. The summed E-state index contributed by atoms with van der Waals surface area (Å²) in [5, 5.41) is 11.5. The van der Waals surface area contributed by atoms with Gasteiger partial charge in [-0.2, -0.15) is 0 Å². The first-order valence-electron chi connectivity index (χ1n) is 8.64. The molecule has 1 aliphatic rings. The number of nitro groups is 1. The summed E-state index contributed by atoms with van der Waals surface area (Å²) in [7, 11) is 5.45. The van der Waals surface area contributed by atoms with Gasteiger partial charge in [0.2, 0.25) is 0 Å². The van der Waals surface area contributed by atoms with E-state index in [1.807, 2.05) is 43.3 Å². The van der Waals surface area contributed by atoms with Crippen molar-refractivity contribution in [2.24, 2.45) is 4.99 Å². The van der Waals surface area contributed by atoms with E-state index in [-0.39, 0.29) is 23.1 Å². The second-order valence-corrected chi connectivity index (χ2v) is 6.50. The average Bonchev–Trinajstić information content (AvgIpc) is 2.94. The number of hydrogen-bond donors (Lipinski definition) is 0. The Morgan fingerprint density at radius 3 is 2.32 bits per heavy atom. The topological polar surface area (TPSA) is 79.0 Å². The van der Waals surface area contributed by atoms with Crippen LogP contribution in [0.15, 0.2) is 71.4 Å². The lowest BCUT2D eigenvalue weighted by Gasteiger charge is -2.11. The maximum Gasteiger partial charge on any atom is 0.280 e. The normalized spacial score (nSPS) is 15.8. The van der Waals surface area contributed by atoms with Gasteiger partial charge >= 0.3 is 0 Å². The van der Waals surface area contributed by atoms with Gasteiger partial charge in [0, 0.05) is 26.8 Å². The maximum absolute atomic E-state index is 12.5. The van der Waals surface area contributed by atoms with Crippen LogP contribution in [0.3, 0.4) is 0 Å². The van der Waals surface area contributed by atoms with Crippen LogP contribution in [0.4, 0.5) is 5.69 Å². The molecular weight excluding hydrogens is 356 g/mol. The van der Waals surface area contributed by atoms with Crippen molar-refractivity contribution in [2.75, 3.05) is 26.0 Å². The van der Waals surface area contributed by atoms with Gasteiger partial charge in [-0.1, -0.05) is 30.3 Å². The fraction of sp³-hybridized carbons (Fsp3) is 0.143. The molecule has 0 atom stereocenters. The molecule has 0 spiro atoms. The molecule has 0 unspecified atom stereocenters. The highest BCUT2D eigenvalue weighted by Gasteiger charge is 2.28. The molecule has 0 bridgehead atoms. The lowest BCUT2D eigenvalue weighted by atomic mass is 10.1. The van der Waals surface area contributed by atoms with Crippen LogP contribution in [0, 0.1) is 10.1 Å². The van der Waals surface area contributed by atoms with Crippen molar-refractivity contribution in [1.29, 1.82) is 0 Å². The minimum atomic E-state index is -0.474. The van der Waals surface area contributed by atoms with Crippen LogP contribution in [-0.2, 0) is 4.79 Å². The number of amidine groups is 1. The van der Waals surface area contributed by atoms with Crippen LogP contribution >= 0.6 is 0 Å². The van der Waals surface area contributed by atoms with E-state index in [9.17, 15) is 14.9 Å². The molecule has 0 saturated carbocycles. The molecule has 0 N–H and O–H groups in total. The first-order chi connectivity index (χ1) is 13.4. The third kappa shape index (κ3) is 3.98. The molecule has 0 aliphatic carbocycles. The van der Waals surface area contributed by atoms with Crippen LogP contribution in [0.1, 0.15) is 11.1 Å². The molecule has 7 nitrogen and oxygen atoms in total. The third-order valence-corrected chi connectivity index (χ3v) is 4.35. The monoisotopic (exact) mass is 376 g/mol. The number of benzene rings is 2. The quantitative estimate of drug-likeness (QED) is 0.456. The van der Waals surface area contributed by atoms with Gasteiger partial charge in [0.05, 0.1) is 16.6 Å². The second-order valence-electron chi connectivity index (χ2n) is 6.50. The summed E-state index contributed by atoms with van der Waals surface area (Å²) in [5.74, 6) is -0.0737. The molecular formula is C21H20N4O3. The molecule has 28 heavy (non-hydrogen) atoms. The molecule has 0 radical (unpaired) electrons. The fourth-order valence-corrected chi connectivity index (χ4v) is 2.74. The Balaban J connectivity index is 1.96. The summed E-state index contributed by atoms with van der Waals surface area (Å²) in [4.78, 5) is 31.1. The summed E-state index contributed by atoms with van der Waals surface area (Å²) < 4.78 is 0. The zero-order valence-electron chi connectivity index (χ0n) is 15.9. The molecule has 2 aromatic rings. The molecule has 7 heteroatoms. The first kappa shape index (κ1) is 19.0. The molecule has 3 rings (SSSR count). The highest BCUT2D eigenvalue weighted by molar-refractivity contribution is 6.18. The summed E-state index contributed by atoms with van der Waals surface area (Å²) >= 11 is 0. The van der Waals surface area contributed by atoms with E-state index >= 15 is 0 Å². The van der Waals surface area contributed by atoms with E-state index in [0.717, 1.165) is 11.3 Å². The van der Waals surface area contributed by atoms with Crippen molar-refractivity contribution in [1.82, 2.24) is 4.90 Å². The number of hydrogen-bond acceptors (Lipinski definition) is 5. The number of rotatable bonds is 5. The molecule has 1 heterocycles. The number of nitrogens with zero attached hydrogens (tertiary/aromatic N) is 4. The van der Waals surface area contributed by atoms with Gasteiger partial charge in [-0.25, -0.2) is 4.99 Å². The summed E-state index contributed by atoms with van der Waals surface area (Å²) in [6.07, 6.45) is 3.00. The Hall–Kier alpha value is -3.74. The molecule has 1 amide bonds. The largest absolute Gasteiger partial charge is 0.378 e. The van der Waals surface area contributed by atoms with E-state index in [1.54, 1.807) is 43.5 Å². The second kappa shape index (κ2) is 7.87. The number of carbonyl (C=O) groups excluding carboxylic acids is 1. The Morgan fingerprint density at radius 2 is 1.75 bits per heavy atom. The zero-order valence-corrected chi connectivity index (χ0v) is 15.9. The number of carbonyl (C=O) groups is 1. The Labute approximate surface area is 163 Å². The lowest BCUT2D eigenvalue weighted by molar-refractivity contribution is -0.375. The summed E-state index contributed by atoms with van der Waals surface area (Å²) in [6, 6.07) is 16.2. The van der Waals surface area contributed by atoms with Gasteiger partial charge in [0.1, 0.15) is 11.5 Å². The highest BCUT2D eigenvalue weighted by atomic mass is 16.6. The minimum Gasteiger partial charge on any atom is -0.378 e. The van der Waals surface area contributed by atoms with E-state index < -0.39 is 4.92 Å². The third-order valence-electron chi connectivity index (χ3n) is 4.35. The molecule has 2 aromatic carbocycles. The van der Waals surface area contributed by atoms with Crippen molar-refractivity contribution < 1.29 is 9.72 Å².